The van der Waals surface area contributed by atoms with E-state index in [0.29, 0.717) is 0 Å². The molecule has 3 heteroatoms. The van der Waals surface area contributed by atoms with Crippen LogP contribution in [0.4, 0.5) is 5.69 Å². The monoisotopic (exact) mass is 258 g/mol. The van der Waals surface area contributed by atoms with Crippen LogP contribution in [0.3, 0.4) is 0 Å². The number of ether oxygens (including phenoxy) is 1. The highest BCUT2D eigenvalue weighted by molar-refractivity contribution is 5.95. The first kappa shape index (κ1) is 13.8. The Balaban J connectivity index is 2.67. The first-order valence-corrected chi connectivity index (χ1v) is 6.80. The Labute approximate surface area is 115 Å². The highest BCUT2D eigenvalue weighted by Crippen LogP contribution is 2.30. The van der Waals surface area contributed by atoms with Crippen LogP contribution in [-0.2, 0) is 17.6 Å². The number of hydrogen-bond donors (Lipinski definition) is 1. The lowest BCUT2D eigenvalue weighted by Gasteiger charge is -2.15. The van der Waals surface area contributed by atoms with E-state index in [1.807, 2.05) is 7.05 Å². The molecule has 1 N–H and O–H groups in total. The van der Waals surface area contributed by atoms with E-state index in [2.05, 4.69) is 37.4 Å². The van der Waals surface area contributed by atoms with Crippen LogP contribution in [-0.4, -0.2) is 25.7 Å². The number of fused-ring (bicyclic) bond motifs is 1. The number of methoxy groups -OCH3 is 1. The van der Waals surface area contributed by atoms with E-state index in [1.54, 1.807) is 7.11 Å². The summed E-state index contributed by atoms with van der Waals surface area (Å²) in [5, 5.41) is 4.55. The first-order chi connectivity index (χ1) is 9.22. The van der Waals surface area contributed by atoms with E-state index >= 15 is 0 Å². The van der Waals surface area contributed by atoms with Gasteiger partial charge >= 0.3 is 0 Å². The molecular formula is C16H22N2O. The standard InChI is InChI=1S/C16H22N2O/c1-5-13-11(2)18-15-12(9-10-19-4)7-6-8-14(15)16(13)17-3/h6-8H,5,9-10H2,1-4H3,(H,17,18). The van der Waals surface area contributed by atoms with Crippen molar-refractivity contribution in [3.63, 3.8) is 0 Å². The minimum atomic E-state index is 0.726. The molecule has 1 heterocycles. The van der Waals surface area contributed by atoms with E-state index in [-0.39, 0.29) is 0 Å². The minimum absolute atomic E-state index is 0.726. The third-order valence-electron chi connectivity index (χ3n) is 3.59. The molecule has 102 valence electrons. The van der Waals surface area contributed by atoms with Crippen LogP contribution in [0.15, 0.2) is 18.2 Å². The molecule has 2 aromatic rings. The van der Waals surface area contributed by atoms with Crippen molar-refractivity contribution < 1.29 is 4.74 Å². The van der Waals surface area contributed by atoms with Crippen LogP contribution in [0.5, 0.6) is 0 Å². The summed E-state index contributed by atoms with van der Waals surface area (Å²) in [6.07, 6.45) is 1.89. The lowest BCUT2D eigenvalue weighted by molar-refractivity contribution is 0.202. The zero-order chi connectivity index (χ0) is 13.8. The average Bonchev–Trinajstić information content (AvgIpc) is 2.43. The number of benzene rings is 1. The van der Waals surface area contributed by atoms with E-state index < -0.39 is 0 Å². The molecule has 0 amide bonds. The molecule has 3 nitrogen and oxygen atoms in total. The van der Waals surface area contributed by atoms with E-state index in [1.165, 1.54) is 22.2 Å². The Hall–Kier alpha value is -1.61. The van der Waals surface area contributed by atoms with Crippen LogP contribution in [0.1, 0.15) is 23.7 Å². The third-order valence-corrected chi connectivity index (χ3v) is 3.59. The molecule has 0 fully saturated rings. The Morgan fingerprint density at radius 2 is 2.11 bits per heavy atom. The lowest BCUT2D eigenvalue weighted by atomic mass is 10.0. The number of para-hydroxylation sites is 1. The fourth-order valence-electron chi connectivity index (χ4n) is 2.64. The highest BCUT2D eigenvalue weighted by atomic mass is 16.5. The molecule has 1 aromatic carbocycles. The maximum absolute atomic E-state index is 5.18. The molecule has 0 aliphatic heterocycles. The zero-order valence-electron chi connectivity index (χ0n) is 12.2. The molecule has 2 rings (SSSR count). The van der Waals surface area contributed by atoms with Gasteiger partial charge in [-0.15, -0.1) is 0 Å². The normalized spacial score (nSPS) is 10.9. The maximum atomic E-state index is 5.18. The van der Waals surface area contributed by atoms with Crippen LogP contribution in [0.25, 0.3) is 10.9 Å². The summed E-state index contributed by atoms with van der Waals surface area (Å²) in [4.78, 5) is 4.81. The fourth-order valence-corrected chi connectivity index (χ4v) is 2.64. The van der Waals surface area contributed by atoms with Crippen molar-refractivity contribution in [1.29, 1.82) is 0 Å². The van der Waals surface area contributed by atoms with Gasteiger partial charge in [-0.05, 0) is 30.9 Å². The molecule has 0 atom stereocenters. The molecule has 0 aliphatic rings. The van der Waals surface area contributed by atoms with Crippen LogP contribution in [0, 0.1) is 6.92 Å². The molecule has 0 bridgehead atoms. The number of anilines is 1. The zero-order valence-corrected chi connectivity index (χ0v) is 12.2. The van der Waals surface area contributed by atoms with Gasteiger partial charge in [0.2, 0.25) is 0 Å². The topological polar surface area (TPSA) is 34.1 Å². The van der Waals surface area contributed by atoms with Crippen molar-refractivity contribution in [1.82, 2.24) is 4.98 Å². The quantitative estimate of drug-likeness (QED) is 0.893. The van der Waals surface area contributed by atoms with Gasteiger partial charge in [-0.3, -0.25) is 4.98 Å². The van der Waals surface area contributed by atoms with Crippen molar-refractivity contribution in [3.05, 3.63) is 35.0 Å². The van der Waals surface area contributed by atoms with Crippen molar-refractivity contribution in [2.75, 3.05) is 26.1 Å². The van der Waals surface area contributed by atoms with Gasteiger partial charge in [0.25, 0.3) is 0 Å². The lowest BCUT2D eigenvalue weighted by Crippen LogP contribution is -2.04. The van der Waals surface area contributed by atoms with Gasteiger partial charge in [-0.25, -0.2) is 0 Å². The summed E-state index contributed by atoms with van der Waals surface area (Å²) in [6, 6.07) is 6.38. The molecule has 0 saturated heterocycles. The number of aryl methyl sites for hydroxylation is 1. The molecule has 0 radical (unpaired) electrons. The SMILES string of the molecule is CCc1c(C)nc2c(CCOC)cccc2c1NC. The molecular weight excluding hydrogens is 236 g/mol. The van der Waals surface area contributed by atoms with Crippen molar-refractivity contribution >= 4 is 16.6 Å². The number of hydrogen-bond acceptors (Lipinski definition) is 3. The Bertz CT molecular complexity index is 578. The molecule has 0 unspecified atom stereocenters. The number of nitrogens with zero attached hydrogens (tertiary/aromatic N) is 1. The molecule has 0 spiro atoms. The first-order valence-electron chi connectivity index (χ1n) is 6.80. The number of pyridine rings is 1. The summed E-state index contributed by atoms with van der Waals surface area (Å²) in [5.74, 6) is 0. The molecule has 0 aliphatic carbocycles. The molecule has 0 saturated carbocycles. The predicted octanol–water partition coefficient (Wildman–Crippen LogP) is 3.34. The van der Waals surface area contributed by atoms with E-state index in [9.17, 15) is 0 Å². The van der Waals surface area contributed by atoms with Crippen LogP contribution < -0.4 is 5.32 Å². The Morgan fingerprint density at radius 1 is 1.32 bits per heavy atom. The number of aromatic nitrogens is 1. The van der Waals surface area contributed by atoms with Gasteiger partial charge in [0.1, 0.15) is 0 Å². The number of rotatable bonds is 5. The van der Waals surface area contributed by atoms with E-state index in [4.69, 9.17) is 9.72 Å². The van der Waals surface area contributed by atoms with Crippen LogP contribution >= 0.6 is 0 Å². The average molecular weight is 258 g/mol. The summed E-state index contributed by atoms with van der Waals surface area (Å²) >= 11 is 0. The van der Waals surface area contributed by atoms with Gasteiger partial charge < -0.3 is 10.1 Å². The van der Waals surface area contributed by atoms with E-state index in [0.717, 1.165) is 30.7 Å². The maximum Gasteiger partial charge on any atom is 0.0758 e. The summed E-state index contributed by atoms with van der Waals surface area (Å²) < 4.78 is 5.18. The van der Waals surface area contributed by atoms with Gasteiger partial charge in [-0.1, -0.05) is 25.1 Å². The van der Waals surface area contributed by atoms with Crippen molar-refractivity contribution in [2.45, 2.75) is 26.7 Å². The second-order valence-corrected chi connectivity index (χ2v) is 4.71. The molecule has 19 heavy (non-hydrogen) atoms. The summed E-state index contributed by atoms with van der Waals surface area (Å²) in [6.45, 7) is 4.99. The highest BCUT2D eigenvalue weighted by Gasteiger charge is 2.12. The minimum Gasteiger partial charge on any atom is -0.387 e. The van der Waals surface area contributed by atoms with Gasteiger partial charge in [0.15, 0.2) is 0 Å². The smallest absolute Gasteiger partial charge is 0.0758 e. The summed E-state index contributed by atoms with van der Waals surface area (Å²) in [5.41, 5.74) is 5.98. The van der Waals surface area contributed by atoms with Crippen molar-refractivity contribution in [3.8, 4) is 0 Å². The van der Waals surface area contributed by atoms with Crippen molar-refractivity contribution in [2.24, 2.45) is 0 Å². The van der Waals surface area contributed by atoms with Gasteiger partial charge in [-0.2, -0.15) is 0 Å². The Kier molecular flexibility index (Phi) is 4.38. The fraction of sp³-hybridized carbons (Fsp3) is 0.438. The largest absolute Gasteiger partial charge is 0.387 e. The number of nitrogens with one attached hydrogen (secondary N) is 1. The Morgan fingerprint density at radius 3 is 2.74 bits per heavy atom. The second kappa shape index (κ2) is 6.02. The second-order valence-electron chi connectivity index (χ2n) is 4.71. The van der Waals surface area contributed by atoms with Gasteiger partial charge in [0, 0.05) is 30.9 Å². The predicted molar refractivity (Wildman–Crippen MR) is 81.0 cm³/mol. The summed E-state index contributed by atoms with van der Waals surface area (Å²) in [7, 11) is 3.72. The molecule has 1 aromatic heterocycles. The van der Waals surface area contributed by atoms with Gasteiger partial charge in [0.05, 0.1) is 12.1 Å². The third kappa shape index (κ3) is 2.56. The van der Waals surface area contributed by atoms with Crippen LogP contribution in [0.2, 0.25) is 0 Å².